The third kappa shape index (κ3) is 5.86. The third-order valence-corrected chi connectivity index (χ3v) is 10.4. The van der Waals surface area contributed by atoms with Crippen LogP contribution in [0.25, 0.3) is 27.2 Å². The van der Waals surface area contributed by atoms with E-state index in [2.05, 4.69) is 64.1 Å². The van der Waals surface area contributed by atoms with Gasteiger partial charge in [-0.2, -0.15) is 0 Å². The number of fused-ring (bicyclic) bond motifs is 2. The molecular weight excluding hydrogens is 640 g/mol. The van der Waals surface area contributed by atoms with Crippen molar-refractivity contribution in [3.8, 4) is 28.7 Å². The standard InChI is InChI=1S/C43H38N2O6/c1-6-26(3)27-10-8-12-33(22-27)50-31-18-14-28(15-19-31)43(4,7-2)29-16-20-32(21-17-29)51-34-13-9-11-30(23-34)45-41(48)37-24-35-36(25-38(37)42(45)49)40(47)44(5)39(35)46/h8-26H,6-7H2,1-5H3. The Morgan fingerprint density at radius 3 is 1.55 bits per heavy atom. The van der Waals surface area contributed by atoms with E-state index in [1.54, 1.807) is 24.3 Å². The summed E-state index contributed by atoms with van der Waals surface area (Å²) >= 11 is 0. The minimum absolute atomic E-state index is 0.0881. The molecule has 0 aliphatic carbocycles. The normalized spacial score (nSPS) is 13.4. The van der Waals surface area contributed by atoms with Gasteiger partial charge in [-0.1, -0.05) is 70.2 Å². The summed E-state index contributed by atoms with van der Waals surface area (Å²) in [7, 11) is 1.37. The summed E-state index contributed by atoms with van der Waals surface area (Å²) < 4.78 is 14.4. The van der Waals surface area contributed by atoms with E-state index in [1.807, 2.05) is 36.4 Å². The van der Waals surface area contributed by atoms with E-state index in [0.717, 1.165) is 39.0 Å². The van der Waals surface area contributed by atoms with Gasteiger partial charge in [0.25, 0.3) is 22.2 Å². The molecule has 7 aromatic rings. The molecule has 256 valence electrons. The van der Waals surface area contributed by atoms with Crippen LogP contribution in [0.2, 0.25) is 0 Å². The van der Waals surface area contributed by atoms with Crippen LogP contribution in [0.3, 0.4) is 0 Å². The lowest BCUT2D eigenvalue weighted by Gasteiger charge is -2.30. The molecule has 2 heterocycles. The van der Waals surface area contributed by atoms with Crippen LogP contribution in [0, 0.1) is 0 Å². The first kappa shape index (κ1) is 33.5. The Hall–Kier alpha value is -6.02. The molecule has 0 saturated heterocycles. The molecule has 2 unspecified atom stereocenters. The van der Waals surface area contributed by atoms with Gasteiger partial charge in [0.05, 0.1) is 27.2 Å². The zero-order valence-electron chi connectivity index (χ0n) is 29.2. The Morgan fingerprint density at radius 1 is 0.588 bits per heavy atom. The number of hydrogen-bond donors (Lipinski definition) is 0. The number of hydrogen-bond acceptors (Lipinski definition) is 6. The molecule has 0 bridgehead atoms. The van der Waals surface area contributed by atoms with Gasteiger partial charge in [-0.25, -0.2) is 4.57 Å². The second kappa shape index (κ2) is 13.0. The van der Waals surface area contributed by atoms with Crippen LogP contribution in [-0.2, 0) is 12.5 Å². The average Bonchev–Trinajstić information content (AvgIpc) is 3.53. The maximum absolute atomic E-state index is 13.4. The molecule has 0 radical (unpaired) electrons. The first-order valence-electron chi connectivity index (χ1n) is 17.2. The van der Waals surface area contributed by atoms with E-state index in [4.69, 9.17) is 9.47 Å². The smallest absolute Gasteiger partial charge is 0.266 e. The van der Waals surface area contributed by atoms with Gasteiger partial charge in [-0.05, 0) is 96.1 Å². The van der Waals surface area contributed by atoms with Crippen LogP contribution in [0.4, 0.5) is 0 Å². The van der Waals surface area contributed by atoms with Crippen molar-refractivity contribution in [1.29, 1.82) is 0 Å². The molecule has 8 heteroatoms. The molecule has 0 aliphatic heterocycles. The molecule has 0 spiro atoms. The highest BCUT2D eigenvalue weighted by atomic mass is 16.5. The van der Waals surface area contributed by atoms with Crippen molar-refractivity contribution in [3.63, 3.8) is 0 Å². The first-order chi connectivity index (χ1) is 24.5. The van der Waals surface area contributed by atoms with Gasteiger partial charge in [0, 0.05) is 18.5 Å². The van der Waals surface area contributed by atoms with Crippen LogP contribution < -0.4 is 31.7 Å². The quantitative estimate of drug-likeness (QED) is 0.145. The van der Waals surface area contributed by atoms with E-state index < -0.39 is 22.2 Å². The molecule has 8 nitrogen and oxygen atoms in total. The second-order valence-corrected chi connectivity index (χ2v) is 13.4. The summed E-state index contributed by atoms with van der Waals surface area (Å²) in [6, 6.07) is 33.9. The molecule has 51 heavy (non-hydrogen) atoms. The van der Waals surface area contributed by atoms with Crippen molar-refractivity contribution in [2.24, 2.45) is 7.05 Å². The summed E-state index contributed by atoms with van der Waals surface area (Å²) in [4.78, 5) is 51.8. The SMILES string of the molecule is CCC(C)c1cccc(Oc2ccc(C(C)(CC)c3ccc(Oc4cccc(-n5c(=O)c6cc7c(=O)n(C)c(=O)c7cc6c5=O)c4)cc3)cc2)c1. The summed E-state index contributed by atoms with van der Waals surface area (Å²) in [5.41, 5.74) is 1.48. The zero-order valence-corrected chi connectivity index (χ0v) is 29.2. The van der Waals surface area contributed by atoms with Gasteiger partial charge in [0.15, 0.2) is 0 Å². The van der Waals surface area contributed by atoms with Gasteiger partial charge in [0.1, 0.15) is 23.0 Å². The van der Waals surface area contributed by atoms with Crippen molar-refractivity contribution in [2.45, 2.75) is 51.9 Å². The Balaban J connectivity index is 1.11. The van der Waals surface area contributed by atoms with Gasteiger partial charge in [0.2, 0.25) is 0 Å². The third-order valence-electron chi connectivity index (χ3n) is 10.4. The molecule has 0 aliphatic rings. The van der Waals surface area contributed by atoms with Gasteiger partial charge in [-0.15, -0.1) is 0 Å². The molecule has 0 saturated carbocycles. The first-order valence-corrected chi connectivity index (χ1v) is 17.2. The van der Waals surface area contributed by atoms with Crippen LogP contribution in [0.1, 0.15) is 63.1 Å². The Bertz CT molecular complexity index is 2550. The lowest BCUT2D eigenvalue weighted by atomic mass is 9.74. The van der Waals surface area contributed by atoms with Crippen molar-refractivity contribution < 1.29 is 9.47 Å². The van der Waals surface area contributed by atoms with Gasteiger partial charge >= 0.3 is 0 Å². The van der Waals surface area contributed by atoms with E-state index in [1.165, 1.54) is 30.3 Å². The number of ether oxygens (including phenoxy) is 2. The second-order valence-electron chi connectivity index (χ2n) is 13.4. The highest BCUT2D eigenvalue weighted by Gasteiger charge is 2.27. The molecule has 0 amide bonds. The number of nitrogens with zero attached hydrogens (tertiary/aromatic N) is 2. The zero-order chi connectivity index (χ0) is 36.0. The van der Waals surface area contributed by atoms with E-state index in [-0.39, 0.29) is 27.0 Å². The molecule has 0 N–H and O–H groups in total. The summed E-state index contributed by atoms with van der Waals surface area (Å²) in [5, 5.41) is 0.414. The predicted octanol–water partition coefficient (Wildman–Crippen LogP) is 8.25. The minimum atomic E-state index is -0.566. The molecule has 7 rings (SSSR count). The maximum atomic E-state index is 13.4. The summed E-state index contributed by atoms with van der Waals surface area (Å²) in [5.74, 6) is 3.12. The van der Waals surface area contributed by atoms with Crippen LogP contribution in [-0.4, -0.2) is 9.13 Å². The van der Waals surface area contributed by atoms with Gasteiger partial charge in [-0.3, -0.25) is 23.7 Å². The molecular formula is C43H38N2O6. The lowest BCUT2D eigenvalue weighted by Crippen LogP contribution is -2.23. The topological polar surface area (TPSA) is 96.6 Å². The molecule has 5 aromatic carbocycles. The van der Waals surface area contributed by atoms with Crippen molar-refractivity contribution >= 4 is 21.5 Å². The summed E-state index contributed by atoms with van der Waals surface area (Å²) in [6.45, 7) is 8.80. The average molecular weight is 679 g/mol. The maximum Gasteiger partial charge on any atom is 0.266 e. The number of benzene rings is 5. The van der Waals surface area contributed by atoms with Crippen molar-refractivity contribution in [2.75, 3.05) is 0 Å². The van der Waals surface area contributed by atoms with Crippen molar-refractivity contribution in [1.82, 2.24) is 9.13 Å². The minimum Gasteiger partial charge on any atom is -0.457 e. The van der Waals surface area contributed by atoms with Gasteiger partial charge < -0.3 is 9.47 Å². The van der Waals surface area contributed by atoms with E-state index >= 15 is 0 Å². The van der Waals surface area contributed by atoms with Crippen molar-refractivity contribution in [3.05, 3.63) is 167 Å². The largest absolute Gasteiger partial charge is 0.457 e. The monoisotopic (exact) mass is 678 g/mol. The fraction of sp³-hybridized carbons (Fsp3) is 0.209. The number of aromatic nitrogens is 2. The predicted molar refractivity (Wildman–Crippen MR) is 202 cm³/mol. The Morgan fingerprint density at radius 2 is 1.06 bits per heavy atom. The fourth-order valence-electron chi connectivity index (χ4n) is 6.76. The van der Waals surface area contributed by atoms with Crippen LogP contribution in [0.15, 0.2) is 128 Å². The Labute approximate surface area is 294 Å². The van der Waals surface area contributed by atoms with Crippen LogP contribution in [0.5, 0.6) is 23.0 Å². The highest BCUT2D eigenvalue weighted by Crippen LogP contribution is 2.38. The van der Waals surface area contributed by atoms with Crippen LogP contribution >= 0.6 is 0 Å². The van der Waals surface area contributed by atoms with E-state index in [0.29, 0.717) is 23.1 Å². The molecule has 0 fully saturated rings. The number of rotatable bonds is 10. The molecule has 2 aromatic heterocycles. The molecule has 2 atom stereocenters. The lowest BCUT2D eigenvalue weighted by molar-refractivity contribution is 0.478. The highest BCUT2D eigenvalue weighted by molar-refractivity contribution is 5.98. The summed E-state index contributed by atoms with van der Waals surface area (Å²) in [6.07, 6.45) is 1.94. The van der Waals surface area contributed by atoms with E-state index in [9.17, 15) is 19.2 Å². The Kier molecular flexibility index (Phi) is 8.55. The fourth-order valence-corrected chi connectivity index (χ4v) is 6.76.